The van der Waals surface area contributed by atoms with Gasteiger partial charge in [0.25, 0.3) is 0 Å². The molecule has 1 fully saturated rings. The number of unbranched alkanes of at least 4 members (excludes halogenated alkanes) is 1. The van der Waals surface area contributed by atoms with E-state index in [1.54, 1.807) is 11.3 Å². The van der Waals surface area contributed by atoms with Gasteiger partial charge in [0.15, 0.2) is 5.96 Å². The number of guanidine groups is 1. The largest absolute Gasteiger partial charge is 0.370 e. The van der Waals surface area contributed by atoms with Crippen LogP contribution in [-0.4, -0.2) is 43.6 Å². The van der Waals surface area contributed by atoms with Gasteiger partial charge in [-0.1, -0.05) is 6.07 Å². The summed E-state index contributed by atoms with van der Waals surface area (Å²) in [6.45, 7) is 5.50. The van der Waals surface area contributed by atoms with E-state index in [0.717, 1.165) is 25.9 Å². The average Bonchev–Trinajstić information content (AvgIpc) is 3.11. The molecule has 3 N–H and O–H groups in total. The van der Waals surface area contributed by atoms with Crippen LogP contribution in [0.1, 0.15) is 30.6 Å². The van der Waals surface area contributed by atoms with Crippen LogP contribution in [0, 0.1) is 0 Å². The Morgan fingerprint density at radius 3 is 2.86 bits per heavy atom. The predicted molar refractivity (Wildman–Crippen MR) is 103 cm³/mol. The van der Waals surface area contributed by atoms with Crippen molar-refractivity contribution in [3.63, 3.8) is 0 Å². The van der Waals surface area contributed by atoms with Crippen molar-refractivity contribution in [1.82, 2.24) is 10.2 Å². The number of nitrogens with one attached hydrogen (secondary N) is 1. The number of rotatable bonds is 8. The molecule has 0 radical (unpaired) electrons. The summed E-state index contributed by atoms with van der Waals surface area (Å²) in [5.41, 5.74) is 5.85. The normalized spacial score (nSPS) is 15.9. The smallest absolute Gasteiger partial charge is 0.188 e. The molecule has 1 aromatic rings. The average molecular weight is 422 g/mol. The summed E-state index contributed by atoms with van der Waals surface area (Å²) in [4.78, 5) is 8.31. The number of thiophene rings is 1. The monoisotopic (exact) mass is 422 g/mol. The third-order valence-electron chi connectivity index (χ3n) is 3.62. The molecular formula is C15H27IN4S. The second-order valence-corrected chi connectivity index (χ2v) is 6.31. The third kappa shape index (κ3) is 8.01. The number of hydrogen-bond acceptors (Lipinski definition) is 3. The summed E-state index contributed by atoms with van der Waals surface area (Å²) in [6, 6.07) is 4.23. The molecule has 0 spiro atoms. The van der Waals surface area contributed by atoms with E-state index in [1.165, 1.54) is 43.8 Å². The highest BCUT2D eigenvalue weighted by molar-refractivity contribution is 14.0. The third-order valence-corrected chi connectivity index (χ3v) is 4.56. The summed E-state index contributed by atoms with van der Waals surface area (Å²) < 4.78 is 0. The fourth-order valence-corrected chi connectivity index (χ4v) is 3.19. The summed E-state index contributed by atoms with van der Waals surface area (Å²) >= 11 is 1.79. The van der Waals surface area contributed by atoms with E-state index >= 15 is 0 Å². The molecule has 6 heteroatoms. The van der Waals surface area contributed by atoms with Gasteiger partial charge in [-0.2, -0.15) is 0 Å². The molecule has 2 rings (SSSR count). The maximum Gasteiger partial charge on any atom is 0.188 e. The number of likely N-dealkylation sites (tertiary alicyclic amines) is 1. The highest BCUT2D eigenvalue weighted by Gasteiger charge is 2.09. The zero-order valence-corrected chi connectivity index (χ0v) is 15.7. The van der Waals surface area contributed by atoms with Crippen LogP contribution in [0.5, 0.6) is 0 Å². The first kappa shape index (κ1) is 18.7. The maximum atomic E-state index is 5.85. The first-order chi connectivity index (χ1) is 9.84. The second kappa shape index (κ2) is 11.3. The van der Waals surface area contributed by atoms with Crippen molar-refractivity contribution < 1.29 is 0 Å². The van der Waals surface area contributed by atoms with Crippen LogP contribution in [0.2, 0.25) is 0 Å². The van der Waals surface area contributed by atoms with Gasteiger partial charge in [0.05, 0.1) is 0 Å². The minimum Gasteiger partial charge on any atom is -0.370 e. The van der Waals surface area contributed by atoms with Crippen molar-refractivity contribution in [2.24, 2.45) is 10.7 Å². The van der Waals surface area contributed by atoms with Crippen molar-refractivity contribution in [3.05, 3.63) is 22.4 Å². The van der Waals surface area contributed by atoms with Gasteiger partial charge in [-0.15, -0.1) is 35.3 Å². The molecule has 1 saturated heterocycles. The lowest BCUT2D eigenvalue weighted by molar-refractivity contribution is 0.331. The first-order valence-electron chi connectivity index (χ1n) is 7.63. The minimum atomic E-state index is 0. The Morgan fingerprint density at radius 1 is 1.33 bits per heavy atom. The van der Waals surface area contributed by atoms with Crippen LogP contribution >= 0.6 is 35.3 Å². The van der Waals surface area contributed by atoms with Crippen LogP contribution in [0.15, 0.2) is 22.5 Å². The molecule has 21 heavy (non-hydrogen) atoms. The van der Waals surface area contributed by atoms with E-state index in [2.05, 4.69) is 32.7 Å². The molecule has 0 aromatic carbocycles. The van der Waals surface area contributed by atoms with E-state index in [1.807, 2.05) is 0 Å². The minimum absolute atomic E-state index is 0. The lowest BCUT2D eigenvalue weighted by atomic mass is 10.3. The van der Waals surface area contributed by atoms with Crippen molar-refractivity contribution in [2.45, 2.75) is 32.1 Å². The number of aliphatic imine (C=N–C) groups is 1. The topological polar surface area (TPSA) is 53.6 Å². The van der Waals surface area contributed by atoms with Gasteiger partial charge in [-0.3, -0.25) is 4.99 Å². The fourth-order valence-electron chi connectivity index (χ4n) is 2.48. The maximum absolute atomic E-state index is 5.85. The first-order valence-corrected chi connectivity index (χ1v) is 8.51. The number of halogens is 1. The molecule has 0 unspecified atom stereocenters. The van der Waals surface area contributed by atoms with Crippen LogP contribution in [-0.2, 0) is 6.42 Å². The SMILES string of the molecule is I.NC(=NCCCCN1CCCC1)NCCc1cccs1. The molecule has 1 aliphatic heterocycles. The molecule has 0 atom stereocenters. The van der Waals surface area contributed by atoms with Gasteiger partial charge < -0.3 is 16.0 Å². The lowest BCUT2D eigenvalue weighted by Crippen LogP contribution is -2.33. The fraction of sp³-hybridized carbons (Fsp3) is 0.667. The van der Waals surface area contributed by atoms with E-state index in [-0.39, 0.29) is 24.0 Å². The van der Waals surface area contributed by atoms with Crippen LogP contribution in [0.3, 0.4) is 0 Å². The van der Waals surface area contributed by atoms with Gasteiger partial charge in [0.2, 0.25) is 0 Å². The molecule has 0 saturated carbocycles. The van der Waals surface area contributed by atoms with Gasteiger partial charge in [-0.05, 0) is 63.2 Å². The quantitative estimate of drug-likeness (QED) is 0.293. The van der Waals surface area contributed by atoms with E-state index in [4.69, 9.17) is 5.73 Å². The van der Waals surface area contributed by atoms with Crippen molar-refractivity contribution in [3.8, 4) is 0 Å². The Balaban J connectivity index is 0.00000220. The van der Waals surface area contributed by atoms with E-state index < -0.39 is 0 Å². The number of nitrogens with two attached hydrogens (primary N) is 1. The molecule has 1 aromatic heterocycles. The van der Waals surface area contributed by atoms with Crippen molar-refractivity contribution in [2.75, 3.05) is 32.7 Å². The summed E-state index contributed by atoms with van der Waals surface area (Å²) in [7, 11) is 0. The van der Waals surface area contributed by atoms with Gasteiger partial charge in [-0.25, -0.2) is 0 Å². The predicted octanol–water partition coefficient (Wildman–Crippen LogP) is 2.69. The van der Waals surface area contributed by atoms with Crippen LogP contribution in [0.4, 0.5) is 0 Å². The molecule has 2 heterocycles. The van der Waals surface area contributed by atoms with Gasteiger partial charge in [0.1, 0.15) is 0 Å². The summed E-state index contributed by atoms with van der Waals surface area (Å²) in [5.74, 6) is 0.586. The highest BCUT2D eigenvalue weighted by Crippen LogP contribution is 2.08. The standard InChI is InChI=1S/C15H26N4S.HI/c16-15(18-9-7-14-6-5-13-20-14)17-8-1-2-10-19-11-3-4-12-19;/h5-6,13H,1-4,7-12H2,(H3,16,17,18);1H. The Bertz CT molecular complexity index is 388. The number of nitrogens with zero attached hydrogens (tertiary/aromatic N) is 2. The van der Waals surface area contributed by atoms with E-state index in [0.29, 0.717) is 5.96 Å². The van der Waals surface area contributed by atoms with Crippen molar-refractivity contribution >= 4 is 41.3 Å². The Hall–Kier alpha value is -0.340. The molecule has 0 amide bonds. The van der Waals surface area contributed by atoms with E-state index in [9.17, 15) is 0 Å². The summed E-state index contributed by atoms with van der Waals surface area (Å²) in [5, 5.41) is 5.28. The van der Waals surface area contributed by atoms with Gasteiger partial charge in [0, 0.05) is 18.0 Å². The highest BCUT2D eigenvalue weighted by atomic mass is 127. The Kier molecular flexibility index (Phi) is 10.0. The lowest BCUT2D eigenvalue weighted by Gasteiger charge is -2.13. The zero-order chi connectivity index (χ0) is 14.0. The molecular weight excluding hydrogens is 395 g/mol. The van der Waals surface area contributed by atoms with Crippen LogP contribution in [0.25, 0.3) is 0 Å². The van der Waals surface area contributed by atoms with Crippen molar-refractivity contribution in [1.29, 1.82) is 0 Å². The van der Waals surface area contributed by atoms with Gasteiger partial charge >= 0.3 is 0 Å². The molecule has 0 bridgehead atoms. The zero-order valence-electron chi connectivity index (χ0n) is 12.6. The summed E-state index contributed by atoms with van der Waals surface area (Å²) in [6.07, 6.45) is 6.12. The molecule has 1 aliphatic rings. The number of hydrogen-bond donors (Lipinski definition) is 2. The second-order valence-electron chi connectivity index (χ2n) is 5.28. The molecule has 0 aliphatic carbocycles. The van der Waals surface area contributed by atoms with Crippen LogP contribution < -0.4 is 11.1 Å². The molecule has 4 nitrogen and oxygen atoms in total. The Labute approximate surface area is 149 Å². The molecule has 120 valence electrons. The Morgan fingerprint density at radius 2 is 2.14 bits per heavy atom.